The van der Waals surface area contributed by atoms with E-state index in [1.807, 2.05) is 0 Å². The number of hydrogen-bond acceptors (Lipinski definition) is 4. The predicted octanol–water partition coefficient (Wildman–Crippen LogP) is 3.13. The summed E-state index contributed by atoms with van der Waals surface area (Å²) in [6.45, 7) is 5.81. The van der Waals surface area contributed by atoms with Crippen LogP contribution in [0.15, 0.2) is 12.7 Å². The Bertz CT molecular complexity index is 313. The zero-order chi connectivity index (χ0) is 14.6. The molecule has 0 rings (SSSR count). The minimum atomic E-state index is -4.36. The van der Waals surface area contributed by atoms with Gasteiger partial charge in [-0.3, -0.25) is 4.55 Å². The summed E-state index contributed by atoms with van der Waals surface area (Å²) in [4.78, 5) is 0. The number of rotatable bonds is 13. The SMILES string of the molecule is C=CC(CCCCCCCC)OCCOS(=O)(=O)O. The lowest BCUT2D eigenvalue weighted by molar-refractivity contribution is 0.0535. The lowest BCUT2D eigenvalue weighted by Crippen LogP contribution is -2.16. The Labute approximate surface area is 116 Å². The van der Waals surface area contributed by atoms with Gasteiger partial charge < -0.3 is 4.74 Å². The molecule has 0 aliphatic rings. The third-order valence-corrected chi connectivity index (χ3v) is 3.22. The van der Waals surface area contributed by atoms with Crippen LogP contribution in [0.5, 0.6) is 0 Å². The molecule has 0 aliphatic carbocycles. The molecule has 0 radical (unpaired) electrons. The molecular formula is C13H26O5S. The van der Waals surface area contributed by atoms with Crippen molar-refractivity contribution in [2.45, 2.75) is 58.0 Å². The van der Waals surface area contributed by atoms with E-state index in [1.54, 1.807) is 6.08 Å². The summed E-state index contributed by atoms with van der Waals surface area (Å²) >= 11 is 0. The fraction of sp³-hybridized carbons (Fsp3) is 0.846. The molecular weight excluding hydrogens is 268 g/mol. The average molecular weight is 294 g/mol. The minimum Gasteiger partial charge on any atom is -0.372 e. The Kier molecular flexibility index (Phi) is 11.1. The second-order valence-electron chi connectivity index (χ2n) is 4.45. The van der Waals surface area contributed by atoms with Crippen LogP contribution < -0.4 is 0 Å². The van der Waals surface area contributed by atoms with Gasteiger partial charge >= 0.3 is 10.4 Å². The minimum absolute atomic E-state index is 0.0869. The zero-order valence-electron chi connectivity index (χ0n) is 11.7. The van der Waals surface area contributed by atoms with E-state index in [4.69, 9.17) is 9.29 Å². The van der Waals surface area contributed by atoms with Crippen molar-refractivity contribution in [3.05, 3.63) is 12.7 Å². The Morgan fingerprint density at radius 1 is 1.16 bits per heavy atom. The van der Waals surface area contributed by atoms with Crippen LogP contribution in [0, 0.1) is 0 Å². The highest BCUT2D eigenvalue weighted by atomic mass is 32.3. The third kappa shape index (κ3) is 13.8. The van der Waals surface area contributed by atoms with Crippen LogP contribution in [0.4, 0.5) is 0 Å². The smallest absolute Gasteiger partial charge is 0.372 e. The first-order valence-corrected chi connectivity index (χ1v) is 8.22. The average Bonchev–Trinajstić information content (AvgIpc) is 2.34. The van der Waals surface area contributed by atoms with E-state index < -0.39 is 10.4 Å². The van der Waals surface area contributed by atoms with Crippen molar-refractivity contribution >= 4 is 10.4 Å². The Balaban J connectivity index is 3.52. The largest absolute Gasteiger partial charge is 0.397 e. The standard InChI is InChI=1S/C13H26O5S/c1-3-5-6-7-8-9-10-13(4-2)17-11-12-18-19(14,15)16/h4,13H,2-3,5-12H2,1H3,(H,14,15,16). The van der Waals surface area contributed by atoms with Gasteiger partial charge in [-0.15, -0.1) is 6.58 Å². The van der Waals surface area contributed by atoms with E-state index in [0.29, 0.717) is 0 Å². The van der Waals surface area contributed by atoms with Crippen molar-refractivity contribution in [2.75, 3.05) is 13.2 Å². The molecule has 0 amide bonds. The highest BCUT2D eigenvalue weighted by molar-refractivity contribution is 7.80. The van der Waals surface area contributed by atoms with Crippen molar-refractivity contribution in [2.24, 2.45) is 0 Å². The van der Waals surface area contributed by atoms with Crippen molar-refractivity contribution in [3.8, 4) is 0 Å². The molecule has 6 heteroatoms. The second kappa shape index (κ2) is 11.4. The van der Waals surface area contributed by atoms with E-state index in [9.17, 15) is 8.42 Å². The van der Waals surface area contributed by atoms with Crippen LogP contribution >= 0.6 is 0 Å². The molecule has 1 N–H and O–H groups in total. The molecule has 114 valence electrons. The predicted molar refractivity (Wildman–Crippen MR) is 75.4 cm³/mol. The molecule has 0 aromatic rings. The van der Waals surface area contributed by atoms with Gasteiger partial charge in [0.25, 0.3) is 0 Å². The zero-order valence-corrected chi connectivity index (χ0v) is 12.5. The molecule has 1 atom stereocenters. The summed E-state index contributed by atoms with van der Waals surface area (Å²) in [7, 11) is -4.36. The molecule has 0 saturated heterocycles. The quantitative estimate of drug-likeness (QED) is 0.321. The maximum atomic E-state index is 10.3. The lowest BCUT2D eigenvalue weighted by Gasteiger charge is -2.13. The van der Waals surface area contributed by atoms with Crippen LogP contribution in [-0.4, -0.2) is 32.3 Å². The summed E-state index contributed by atoms with van der Waals surface area (Å²) in [6, 6.07) is 0. The summed E-state index contributed by atoms with van der Waals surface area (Å²) in [6.07, 6.45) is 9.79. The number of unbranched alkanes of at least 4 members (excludes halogenated alkanes) is 5. The molecule has 0 aromatic carbocycles. The van der Waals surface area contributed by atoms with E-state index >= 15 is 0 Å². The van der Waals surface area contributed by atoms with Gasteiger partial charge in [-0.25, -0.2) is 4.18 Å². The fourth-order valence-electron chi connectivity index (χ4n) is 1.73. The van der Waals surface area contributed by atoms with Crippen LogP contribution in [0.25, 0.3) is 0 Å². The van der Waals surface area contributed by atoms with E-state index in [2.05, 4.69) is 17.7 Å². The van der Waals surface area contributed by atoms with Crippen LogP contribution in [-0.2, 0) is 19.3 Å². The maximum absolute atomic E-state index is 10.3. The molecule has 0 aromatic heterocycles. The van der Waals surface area contributed by atoms with Gasteiger partial charge in [0.2, 0.25) is 0 Å². The normalized spacial score (nSPS) is 13.4. The van der Waals surface area contributed by atoms with Crippen LogP contribution in [0.1, 0.15) is 51.9 Å². The molecule has 0 aliphatic heterocycles. The monoisotopic (exact) mass is 294 g/mol. The first kappa shape index (κ1) is 18.6. The molecule has 0 saturated carbocycles. The van der Waals surface area contributed by atoms with Crippen molar-refractivity contribution in [1.29, 1.82) is 0 Å². The summed E-state index contributed by atoms with van der Waals surface area (Å²) in [5.74, 6) is 0. The molecule has 0 heterocycles. The van der Waals surface area contributed by atoms with E-state index in [1.165, 1.54) is 32.1 Å². The summed E-state index contributed by atoms with van der Waals surface area (Å²) in [5, 5.41) is 0. The van der Waals surface area contributed by atoms with Gasteiger partial charge in [0, 0.05) is 0 Å². The van der Waals surface area contributed by atoms with Gasteiger partial charge in [-0.1, -0.05) is 51.5 Å². The Hall–Kier alpha value is -0.430. The first-order chi connectivity index (χ1) is 8.99. The molecule has 5 nitrogen and oxygen atoms in total. The third-order valence-electron chi connectivity index (χ3n) is 2.75. The highest BCUT2D eigenvalue weighted by Crippen LogP contribution is 2.11. The van der Waals surface area contributed by atoms with Gasteiger partial charge in [-0.2, -0.15) is 8.42 Å². The Morgan fingerprint density at radius 2 is 1.79 bits per heavy atom. The van der Waals surface area contributed by atoms with E-state index in [0.717, 1.165) is 12.8 Å². The molecule has 0 bridgehead atoms. The number of hydrogen-bond donors (Lipinski definition) is 1. The van der Waals surface area contributed by atoms with Gasteiger partial charge in [0.1, 0.15) is 0 Å². The summed E-state index contributed by atoms with van der Waals surface area (Å²) in [5.41, 5.74) is 0. The molecule has 1 unspecified atom stereocenters. The Morgan fingerprint density at radius 3 is 2.37 bits per heavy atom. The topological polar surface area (TPSA) is 72.8 Å². The van der Waals surface area contributed by atoms with Crippen molar-refractivity contribution < 1.29 is 21.9 Å². The maximum Gasteiger partial charge on any atom is 0.397 e. The highest BCUT2D eigenvalue weighted by Gasteiger charge is 2.07. The molecule has 19 heavy (non-hydrogen) atoms. The second-order valence-corrected chi connectivity index (χ2v) is 5.54. The van der Waals surface area contributed by atoms with Crippen molar-refractivity contribution in [1.82, 2.24) is 0 Å². The van der Waals surface area contributed by atoms with Gasteiger partial charge in [0.05, 0.1) is 19.3 Å². The number of ether oxygens (including phenoxy) is 1. The molecule has 0 spiro atoms. The van der Waals surface area contributed by atoms with E-state index in [-0.39, 0.29) is 19.3 Å². The van der Waals surface area contributed by atoms with Crippen molar-refractivity contribution in [3.63, 3.8) is 0 Å². The van der Waals surface area contributed by atoms with Crippen LogP contribution in [0.2, 0.25) is 0 Å². The molecule has 0 fully saturated rings. The fourth-order valence-corrected chi connectivity index (χ4v) is 2.01. The van der Waals surface area contributed by atoms with Gasteiger partial charge in [0.15, 0.2) is 0 Å². The lowest BCUT2D eigenvalue weighted by atomic mass is 10.1. The summed E-state index contributed by atoms with van der Waals surface area (Å²) < 4.78 is 38.5. The van der Waals surface area contributed by atoms with Gasteiger partial charge in [-0.05, 0) is 6.42 Å². The van der Waals surface area contributed by atoms with Crippen LogP contribution in [0.3, 0.4) is 0 Å². The first-order valence-electron chi connectivity index (χ1n) is 6.85.